The van der Waals surface area contributed by atoms with Gasteiger partial charge in [-0.15, -0.1) is 25.6 Å². The molecule has 0 bridgehead atoms. The largest absolute Gasteiger partial charge is 0.573 e. The van der Waals surface area contributed by atoms with Crippen molar-refractivity contribution in [2.45, 2.75) is 6.36 Å². The number of aromatic nitrogens is 1. The van der Waals surface area contributed by atoms with Gasteiger partial charge in [-0.1, -0.05) is 29.5 Å². The van der Waals surface area contributed by atoms with Gasteiger partial charge in [-0.25, -0.2) is 4.98 Å². The Morgan fingerprint density at radius 1 is 1.14 bits per heavy atom. The van der Waals surface area contributed by atoms with Crippen molar-refractivity contribution in [2.75, 3.05) is 44.3 Å². The lowest BCUT2D eigenvalue weighted by atomic mass is 10.2. The summed E-state index contributed by atoms with van der Waals surface area (Å²) in [4.78, 5) is 21.7. The molecule has 0 unspecified atom stereocenters. The Morgan fingerprint density at radius 3 is 2.66 bits per heavy atom. The van der Waals surface area contributed by atoms with E-state index in [1.165, 1.54) is 23.1 Å². The van der Waals surface area contributed by atoms with E-state index in [0.29, 0.717) is 47.2 Å². The lowest BCUT2D eigenvalue weighted by Crippen LogP contribution is -2.43. The van der Waals surface area contributed by atoms with Gasteiger partial charge in [-0.3, -0.25) is 14.6 Å². The molecule has 1 saturated heterocycles. The van der Waals surface area contributed by atoms with Gasteiger partial charge < -0.3 is 13.9 Å². The molecule has 2 aromatic carbocycles. The maximum Gasteiger partial charge on any atom is 0.573 e. The molecule has 0 radical (unpaired) electrons. The minimum Gasteiger partial charge on any atom is -0.451 e. The number of halogens is 4. The van der Waals surface area contributed by atoms with Crippen LogP contribution in [0.15, 0.2) is 52.9 Å². The molecule has 0 spiro atoms. The molecule has 0 atom stereocenters. The number of nitrogens with zero attached hydrogens (tertiary/aromatic N) is 3. The quantitative estimate of drug-likeness (QED) is 0.337. The molecule has 3 heterocycles. The van der Waals surface area contributed by atoms with E-state index in [9.17, 15) is 18.0 Å². The van der Waals surface area contributed by atoms with E-state index in [0.717, 1.165) is 29.8 Å². The number of furan rings is 1. The highest BCUT2D eigenvalue weighted by Crippen LogP contribution is 2.34. The number of para-hydroxylation sites is 1. The number of morpholine rings is 1. The van der Waals surface area contributed by atoms with Crippen molar-refractivity contribution in [1.29, 1.82) is 0 Å². The van der Waals surface area contributed by atoms with E-state index in [4.69, 9.17) is 9.15 Å². The third kappa shape index (κ3) is 5.87. The Kier molecular flexibility index (Phi) is 7.50. The SMILES string of the molecule is Cl.O=C(c1cc2ccccc2o1)N(CCN1CCOCC1)c1nc2ccc(OC(F)(F)F)cc2s1. The molecule has 1 aliphatic heterocycles. The molecule has 2 aromatic heterocycles. The minimum atomic E-state index is -4.79. The second-order valence-electron chi connectivity index (χ2n) is 7.73. The second kappa shape index (κ2) is 10.4. The predicted molar refractivity (Wildman–Crippen MR) is 129 cm³/mol. The number of carbonyl (C=O) groups excluding carboxylic acids is 1. The number of hydrogen-bond acceptors (Lipinski definition) is 7. The maximum atomic E-state index is 13.5. The summed E-state index contributed by atoms with van der Waals surface area (Å²) in [6.45, 7) is 3.69. The predicted octanol–water partition coefficient (Wildman–Crippen LogP) is 5.34. The number of hydrogen-bond donors (Lipinski definition) is 0. The third-order valence-corrected chi connectivity index (χ3v) is 6.48. The van der Waals surface area contributed by atoms with Gasteiger partial charge in [0.1, 0.15) is 11.3 Å². The average molecular weight is 528 g/mol. The lowest BCUT2D eigenvalue weighted by Gasteiger charge is -2.28. The lowest BCUT2D eigenvalue weighted by molar-refractivity contribution is -0.274. The van der Waals surface area contributed by atoms with Crippen molar-refractivity contribution < 1.29 is 31.9 Å². The van der Waals surface area contributed by atoms with Crippen molar-refractivity contribution in [3.63, 3.8) is 0 Å². The molecule has 5 rings (SSSR count). The third-order valence-electron chi connectivity index (χ3n) is 5.44. The van der Waals surface area contributed by atoms with Gasteiger partial charge in [0.2, 0.25) is 0 Å². The van der Waals surface area contributed by atoms with Crippen molar-refractivity contribution in [1.82, 2.24) is 9.88 Å². The fourth-order valence-corrected chi connectivity index (χ4v) is 4.79. The first-order valence-electron chi connectivity index (χ1n) is 10.6. The zero-order valence-corrected chi connectivity index (χ0v) is 19.9. The van der Waals surface area contributed by atoms with Gasteiger partial charge in [0.05, 0.1) is 23.4 Å². The topological polar surface area (TPSA) is 68.0 Å². The van der Waals surface area contributed by atoms with Gasteiger partial charge in [0.15, 0.2) is 10.9 Å². The number of rotatable bonds is 6. The van der Waals surface area contributed by atoms with E-state index < -0.39 is 6.36 Å². The van der Waals surface area contributed by atoms with E-state index in [2.05, 4.69) is 14.6 Å². The van der Waals surface area contributed by atoms with Crippen LogP contribution in [0.5, 0.6) is 5.75 Å². The number of benzene rings is 2. The summed E-state index contributed by atoms with van der Waals surface area (Å²) < 4.78 is 53.5. The van der Waals surface area contributed by atoms with Crippen LogP contribution < -0.4 is 9.64 Å². The van der Waals surface area contributed by atoms with Crippen molar-refractivity contribution >= 4 is 56.0 Å². The number of anilines is 1. The van der Waals surface area contributed by atoms with Crippen LogP contribution >= 0.6 is 23.7 Å². The summed E-state index contributed by atoms with van der Waals surface area (Å²) in [7, 11) is 0. The van der Waals surface area contributed by atoms with Gasteiger partial charge in [0.25, 0.3) is 5.91 Å². The van der Waals surface area contributed by atoms with Crippen molar-refractivity contribution in [3.05, 3.63) is 54.3 Å². The molecule has 0 saturated carbocycles. The Balaban J connectivity index is 0.00000289. The van der Waals surface area contributed by atoms with Gasteiger partial charge >= 0.3 is 6.36 Å². The van der Waals surface area contributed by atoms with Crippen LogP contribution in [0.4, 0.5) is 18.3 Å². The van der Waals surface area contributed by atoms with Crippen molar-refractivity contribution in [2.24, 2.45) is 0 Å². The zero-order chi connectivity index (χ0) is 23.7. The first-order chi connectivity index (χ1) is 16.4. The van der Waals surface area contributed by atoms with E-state index in [-0.39, 0.29) is 29.8 Å². The molecule has 1 amide bonds. The molecular formula is C23H21ClF3N3O4S. The van der Waals surface area contributed by atoms with Gasteiger partial charge in [0, 0.05) is 37.6 Å². The number of carbonyl (C=O) groups is 1. The Hall–Kier alpha value is -2.86. The summed E-state index contributed by atoms with van der Waals surface area (Å²) in [5.41, 5.74) is 1.07. The highest BCUT2D eigenvalue weighted by atomic mass is 35.5. The van der Waals surface area contributed by atoms with Crippen LogP contribution in [0.2, 0.25) is 0 Å². The second-order valence-corrected chi connectivity index (χ2v) is 8.74. The van der Waals surface area contributed by atoms with E-state index in [1.54, 1.807) is 12.1 Å². The highest BCUT2D eigenvalue weighted by Gasteiger charge is 2.31. The van der Waals surface area contributed by atoms with Crippen LogP contribution in [0.3, 0.4) is 0 Å². The van der Waals surface area contributed by atoms with E-state index in [1.807, 2.05) is 18.2 Å². The summed E-state index contributed by atoms with van der Waals surface area (Å²) in [6.07, 6.45) is -4.79. The summed E-state index contributed by atoms with van der Waals surface area (Å²) in [6, 6.07) is 12.9. The molecule has 4 aromatic rings. The smallest absolute Gasteiger partial charge is 0.451 e. The average Bonchev–Trinajstić information content (AvgIpc) is 3.42. The Bertz CT molecular complexity index is 1290. The molecule has 12 heteroatoms. The standard InChI is InChI=1S/C23H20F3N3O4S.ClH/c24-23(25,26)33-16-5-6-17-20(14-16)34-22(27-17)29(8-7-28-9-11-31-12-10-28)21(30)19-13-15-3-1-2-4-18(15)32-19;/h1-6,13-14H,7-12H2;1H. The molecule has 1 aliphatic rings. The Labute approximate surface area is 208 Å². The molecule has 1 fully saturated rings. The van der Waals surface area contributed by atoms with Crippen LogP contribution in [0.1, 0.15) is 10.6 Å². The van der Waals surface area contributed by atoms with Crippen LogP contribution in [0, 0.1) is 0 Å². The number of ether oxygens (including phenoxy) is 2. The number of alkyl halides is 3. The van der Waals surface area contributed by atoms with Crippen molar-refractivity contribution in [3.8, 4) is 5.75 Å². The monoisotopic (exact) mass is 527 g/mol. The fourth-order valence-electron chi connectivity index (χ4n) is 3.78. The number of amides is 1. The molecular weight excluding hydrogens is 507 g/mol. The fraction of sp³-hybridized carbons (Fsp3) is 0.304. The van der Waals surface area contributed by atoms with Gasteiger partial charge in [-0.2, -0.15) is 0 Å². The molecule has 35 heavy (non-hydrogen) atoms. The highest BCUT2D eigenvalue weighted by molar-refractivity contribution is 7.22. The molecule has 7 nitrogen and oxygen atoms in total. The Morgan fingerprint density at radius 2 is 1.91 bits per heavy atom. The summed E-state index contributed by atoms with van der Waals surface area (Å²) in [5, 5.41) is 1.18. The maximum absolute atomic E-state index is 13.5. The molecule has 0 aliphatic carbocycles. The van der Waals surface area contributed by atoms with Crippen LogP contribution in [-0.2, 0) is 4.74 Å². The zero-order valence-electron chi connectivity index (χ0n) is 18.3. The van der Waals surface area contributed by atoms with Gasteiger partial charge in [-0.05, 0) is 24.3 Å². The summed E-state index contributed by atoms with van der Waals surface area (Å²) in [5.74, 6) is -0.530. The van der Waals surface area contributed by atoms with Crippen LogP contribution in [0.25, 0.3) is 21.2 Å². The number of thiazole rings is 1. The molecule has 186 valence electrons. The number of fused-ring (bicyclic) bond motifs is 2. The molecule has 0 N–H and O–H groups in total. The summed E-state index contributed by atoms with van der Waals surface area (Å²) >= 11 is 1.12. The normalized spacial score (nSPS) is 14.7. The first kappa shape index (κ1) is 25.2. The minimum absolute atomic E-state index is 0. The van der Waals surface area contributed by atoms with Crippen LogP contribution in [-0.4, -0.2) is 61.5 Å². The van der Waals surface area contributed by atoms with E-state index >= 15 is 0 Å². The first-order valence-corrected chi connectivity index (χ1v) is 11.4.